The third kappa shape index (κ3) is 7.48. The molecule has 12 heteroatoms. The fourth-order valence-corrected chi connectivity index (χ4v) is 0.914. The molecular weight excluding hydrogens is 327 g/mol. The number of hydrogen-bond acceptors (Lipinski definition) is 10. The monoisotopic (exact) mass is 334 g/mol. The Morgan fingerprint density at radius 1 is 0.700 bits per heavy atom. The highest BCUT2D eigenvalue weighted by Crippen LogP contribution is 2.13. The van der Waals surface area contributed by atoms with Crippen molar-refractivity contribution < 1.29 is 47.6 Å². The molecule has 0 saturated carbocycles. The molecule has 0 aliphatic carbocycles. The highest BCUT2D eigenvalue weighted by molar-refractivity contribution is 6.61. The van der Waals surface area contributed by atoms with Crippen molar-refractivity contribution in [1.82, 2.24) is 0 Å². The van der Waals surface area contributed by atoms with Gasteiger partial charge in [0.2, 0.25) is 0 Å². The van der Waals surface area contributed by atoms with Crippen molar-refractivity contribution in [2.75, 3.05) is 14.2 Å². The molecule has 2 atom stereocenters. The number of hydrogen-bond donors (Lipinski definition) is 0. The normalized spacial score (nSPS) is 12.4. The molecule has 0 amide bonds. The highest BCUT2D eigenvalue weighted by atomic mass is 35.5. The van der Waals surface area contributed by atoms with E-state index >= 15 is 0 Å². The Bertz CT molecular complexity index is 347. The molecule has 0 radical (unpaired) electrons. The average molecular weight is 335 g/mol. The Morgan fingerprint density at radius 3 is 1.20 bits per heavy atom. The Kier molecular flexibility index (Phi) is 8.16. The second-order valence-electron chi connectivity index (χ2n) is 2.59. The number of halogens is 2. The van der Waals surface area contributed by atoms with Gasteiger partial charge in [0.1, 0.15) is 0 Å². The van der Waals surface area contributed by atoms with Crippen LogP contribution in [0.25, 0.3) is 0 Å². The summed E-state index contributed by atoms with van der Waals surface area (Å²) in [5, 5.41) is 0. The van der Waals surface area contributed by atoms with Crippen LogP contribution >= 0.6 is 23.2 Å². The van der Waals surface area contributed by atoms with Crippen LogP contribution in [0.5, 0.6) is 0 Å². The van der Waals surface area contributed by atoms with Gasteiger partial charge in [-0.1, -0.05) is 0 Å². The van der Waals surface area contributed by atoms with Crippen molar-refractivity contribution in [3.63, 3.8) is 0 Å². The van der Waals surface area contributed by atoms with Gasteiger partial charge in [-0.25, -0.2) is 19.2 Å². The maximum absolute atomic E-state index is 10.9. The van der Waals surface area contributed by atoms with Crippen molar-refractivity contribution in [3.05, 3.63) is 0 Å². The molecule has 0 aromatic rings. The van der Waals surface area contributed by atoms with E-state index in [0.29, 0.717) is 0 Å². The summed E-state index contributed by atoms with van der Waals surface area (Å²) in [6.45, 7) is 0. The Hall–Kier alpha value is -1.94. The summed E-state index contributed by atoms with van der Waals surface area (Å²) in [4.78, 5) is 43.1. The van der Waals surface area contributed by atoms with Gasteiger partial charge in [-0.3, -0.25) is 0 Å². The fourth-order valence-electron chi connectivity index (χ4n) is 0.739. The van der Waals surface area contributed by atoms with Gasteiger partial charge in [0.15, 0.2) is 0 Å². The summed E-state index contributed by atoms with van der Waals surface area (Å²) < 4.78 is 25.5. The predicted molar refractivity (Wildman–Crippen MR) is 59.2 cm³/mol. The zero-order valence-electron chi connectivity index (χ0n) is 9.99. The van der Waals surface area contributed by atoms with Crippen LogP contribution in [0.4, 0.5) is 19.2 Å². The third-order valence-corrected chi connectivity index (χ3v) is 1.58. The summed E-state index contributed by atoms with van der Waals surface area (Å²) in [7, 11) is 1.87. The van der Waals surface area contributed by atoms with E-state index < -0.39 is 35.7 Å². The second kappa shape index (κ2) is 9.04. The van der Waals surface area contributed by atoms with Gasteiger partial charge in [-0.15, -0.1) is 0 Å². The van der Waals surface area contributed by atoms with E-state index in [0.717, 1.165) is 14.2 Å². The minimum absolute atomic E-state index is 0.936. The van der Waals surface area contributed by atoms with Gasteiger partial charge in [0.25, 0.3) is 0 Å². The van der Waals surface area contributed by atoms with Crippen LogP contribution in [0.15, 0.2) is 0 Å². The van der Waals surface area contributed by atoms with Gasteiger partial charge >= 0.3 is 35.7 Å². The molecule has 0 rings (SSSR count). The SMILES string of the molecule is COC(=O)OC(OC(=O)Cl)C(OC(=O)Cl)OC(=O)OC. The first-order valence-corrected chi connectivity index (χ1v) is 5.27. The van der Waals surface area contributed by atoms with E-state index in [4.69, 9.17) is 23.2 Å². The minimum atomic E-state index is -2.06. The molecule has 0 spiro atoms. The Labute approximate surface area is 121 Å². The van der Waals surface area contributed by atoms with Crippen molar-refractivity contribution in [2.45, 2.75) is 12.6 Å². The zero-order valence-corrected chi connectivity index (χ0v) is 11.5. The number of carbonyl (C=O) groups excluding carboxylic acids is 4. The molecule has 114 valence electrons. The first-order valence-electron chi connectivity index (χ1n) is 4.51. The molecule has 0 N–H and O–H groups in total. The molecule has 0 fully saturated rings. The van der Waals surface area contributed by atoms with Crippen LogP contribution in [0.1, 0.15) is 0 Å². The lowest BCUT2D eigenvalue weighted by molar-refractivity contribution is -0.212. The van der Waals surface area contributed by atoms with E-state index in [9.17, 15) is 19.2 Å². The summed E-state index contributed by atoms with van der Waals surface area (Å²) in [5.74, 6) is 0. The van der Waals surface area contributed by atoms with Crippen LogP contribution < -0.4 is 0 Å². The lowest BCUT2D eigenvalue weighted by atomic mass is 10.6. The van der Waals surface area contributed by atoms with Crippen molar-refractivity contribution in [2.24, 2.45) is 0 Å². The molecule has 2 unspecified atom stereocenters. The van der Waals surface area contributed by atoms with Gasteiger partial charge in [-0.05, 0) is 0 Å². The number of rotatable bonds is 5. The zero-order chi connectivity index (χ0) is 15.7. The third-order valence-electron chi connectivity index (χ3n) is 1.40. The topological polar surface area (TPSA) is 124 Å². The van der Waals surface area contributed by atoms with E-state index in [1.165, 1.54) is 0 Å². The predicted octanol–water partition coefficient (Wildman–Crippen LogP) is 1.96. The molecule has 0 aromatic heterocycles. The summed E-state index contributed by atoms with van der Waals surface area (Å²) >= 11 is 9.82. The van der Waals surface area contributed by atoms with Crippen LogP contribution in [-0.4, -0.2) is 50.0 Å². The van der Waals surface area contributed by atoms with Crippen molar-refractivity contribution >= 4 is 46.4 Å². The average Bonchev–Trinajstić information content (AvgIpc) is 2.35. The summed E-state index contributed by atoms with van der Waals surface area (Å²) in [6, 6.07) is 0. The summed E-state index contributed by atoms with van der Waals surface area (Å²) in [6.07, 6.45) is -6.82. The minimum Gasteiger partial charge on any atom is -0.438 e. The van der Waals surface area contributed by atoms with E-state index in [1.807, 2.05) is 0 Å². The molecule has 0 aliphatic heterocycles. The van der Waals surface area contributed by atoms with E-state index in [2.05, 4.69) is 28.4 Å². The lowest BCUT2D eigenvalue weighted by Gasteiger charge is -2.23. The lowest BCUT2D eigenvalue weighted by Crippen LogP contribution is -2.40. The van der Waals surface area contributed by atoms with Crippen LogP contribution in [0, 0.1) is 0 Å². The first-order chi connectivity index (χ1) is 9.29. The molecule has 0 aliphatic rings. The quantitative estimate of drug-likeness (QED) is 0.318. The molecule has 0 heterocycles. The molecule has 0 bridgehead atoms. The van der Waals surface area contributed by atoms with E-state index in [-0.39, 0.29) is 0 Å². The highest BCUT2D eigenvalue weighted by Gasteiger charge is 2.36. The second-order valence-corrected chi connectivity index (χ2v) is 3.21. The maximum atomic E-state index is 10.9. The largest absolute Gasteiger partial charge is 0.511 e. The first kappa shape index (κ1) is 18.1. The fraction of sp³-hybridized carbons (Fsp3) is 0.500. The van der Waals surface area contributed by atoms with E-state index in [1.54, 1.807) is 0 Å². The summed E-state index contributed by atoms with van der Waals surface area (Å²) in [5.41, 5.74) is -2.91. The van der Waals surface area contributed by atoms with Crippen molar-refractivity contribution in [3.8, 4) is 0 Å². The molecule has 20 heavy (non-hydrogen) atoms. The number of methoxy groups -OCH3 is 2. The Morgan fingerprint density at radius 2 is 1.00 bits per heavy atom. The number of carbonyl (C=O) groups is 4. The van der Waals surface area contributed by atoms with Crippen LogP contribution in [0.3, 0.4) is 0 Å². The van der Waals surface area contributed by atoms with Gasteiger partial charge in [0.05, 0.1) is 14.2 Å². The smallest absolute Gasteiger partial charge is 0.438 e. The maximum Gasteiger partial charge on any atom is 0.511 e. The molecule has 0 saturated heterocycles. The van der Waals surface area contributed by atoms with Gasteiger partial charge in [0, 0.05) is 23.2 Å². The number of ether oxygens (including phenoxy) is 6. The standard InChI is InChI=1S/C8H8Cl2O10/c1-15-7(13)19-3(17-5(9)11)4(18-6(10)12)20-8(14)16-2/h3-4H,1-2H3. The van der Waals surface area contributed by atoms with Gasteiger partial charge < -0.3 is 28.4 Å². The molecule has 10 nitrogen and oxygen atoms in total. The van der Waals surface area contributed by atoms with Crippen molar-refractivity contribution in [1.29, 1.82) is 0 Å². The van der Waals surface area contributed by atoms with Crippen LogP contribution in [0.2, 0.25) is 0 Å². The van der Waals surface area contributed by atoms with Crippen LogP contribution in [-0.2, 0) is 28.4 Å². The molecule has 0 aromatic carbocycles. The van der Waals surface area contributed by atoms with Gasteiger partial charge in [-0.2, -0.15) is 0 Å². The Balaban J connectivity index is 5.03. The molecular formula is C8H8Cl2O10.